The lowest BCUT2D eigenvalue weighted by Crippen LogP contribution is -2.20. The van der Waals surface area contributed by atoms with Crippen LogP contribution in [0.4, 0.5) is 4.39 Å². The molecular formula is C33H36FN5S. The fourth-order valence-electron chi connectivity index (χ4n) is 5.38. The van der Waals surface area contributed by atoms with E-state index in [0.717, 1.165) is 86.0 Å². The molecule has 0 atom stereocenters. The third kappa shape index (κ3) is 6.01. The number of fused-ring (bicyclic) bond motifs is 1. The largest absolute Gasteiger partial charge is 0.357 e. The normalized spacial score (nSPS) is 15.3. The summed E-state index contributed by atoms with van der Waals surface area (Å²) in [7, 11) is 0. The van der Waals surface area contributed by atoms with Gasteiger partial charge in [0.2, 0.25) is 0 Å². The van der Waals surface area contributed by atoms with Gasteiger partial charge in [-0.2, -0.15) is 9.49 Å². The van der Waals surface area contributed by atoms with Crippen LogP contribution < -0.4 is 0 Å². The van der Waals surface area contributed by atoms with Gasteiger partial charge >= 0.3 is 0 Å². The summed E-state index contributed by atoms with van der Waals surface area (Å²) in [6.07, 6.45) is 16.5. The van der Waals surface area contributed by atoms with Crippen molar-refractivity contribution in [2.24, 2.45) is 0 Å². The second kappa shape index (κ2) is 12.6. The van der Waals surface area contributed by atoms with Crippen LogP contribution in [0.3, 0.4) is 0 Å². The van der Waals surface area contributed by atoms with Crippen LogP contribution in [-0.4, -0.2) is 44.7 Å². The minimum atomic E-state index is -0.211. The Hall–Kier alpha value is -3.81. The van der Waals surface area contributed by atoms with E-state index in [9.17, 15) is 4.39 Å². The first kappa shape index (κ1) is 27.7. The summed E-state index contributed by atoms with van der Waals surface area (Å²) in [5.41, 5.74) is 8.63. The number of thiophene rings is 1. The number of aryl methyl sites for hydroxylation is 1. The Morgan fingerprint density at radius 2 is 2.02 bits per heavy atom. The van der Waals surface area contributed by atoms with E-state index in [0.29, 0.717) is 0 Å². The molecule has 206 valence electrons. The highest BCUT2D eigenvalue weighted by Crippen LogP contribution is 2.35. The molecule has 0 aromatic carbocycles. The van der Waals surface area contributed by atoms with Gasteiger partial charge in [0, 0.05) is 27.1 Å². The van der Waals surface area contributed by atoms with Crippen molar-refractivity contribution in [1.29, 1.82) is 0 Å². The topological polar surface area (TPSA) is 60.6 Å². The molecule has 1 fully saturated rings. The van der Waals surface area contributed by atoms with E-state index in [2.05, 4.69) is 57.5 Å². The number of aromatic nitrogens is 4. The first-order chi connectivity index (χ1) is 19.5. The highest BCUT2D eigenvalue weighted by Gasteiger charge is 2.18. The first-order valence-corrected chi connectivity index (χ1v) is 14.7. The van der Waals surface area contributed by atoms with Crippen LogP contribution in [0, 0.1) is 12.1 Å². The molecule has 0 saturated carbocycles. The lowest BCUT2D eigenvalue weighted by Gasteiger charge is -2.14. The second-order valence-corrected chi connectivity index (χ2v) is 11.2. The van der Waals surface area contributed by atoms with Gasteiger partial charge < -0.3 is 9.88 Å². The van der Waals surface area contributed by atoms with E-state index < -0.39 is 0 Å². The van der Waals surface area contributed by atoms with Crippen LogP contribution in [0.1, 0.15) is 54.4 Å². The van der Waals surface area contributed by atoms with Crippen molar-refractivity contribution < 1.29 is 4.39 Å². The third-order valence-electron chi connectivity index (χ3n) is 7.48. The maximum atomic E-state index is 13.8. The lowest BCUT2D eigenvalue weighted by molar-refractivity contribution is 0.334. The smallest absolute Gasteiger partial charge is 0.176 e. The Morgan fingerprint density at radius 1 is 1.20 bits per heavy atom. The summed E-state index contributed by atoms with van der Waals surface area (Å²) in [5, 5.41) is 8.53. The van der Waals surface area contributed by atoms with E-state index in [1.165, 1.54) is 37.6 Å². The number of rotatable bonds is 11. The molecule has 0 bridgehead atoms. The minimum Gasteiger partial charge on any atom is -0.357 e. The highest BCUT2D eigenvalue weighted by atomic mass is 32.1. The fraction of sp³-hybridized carbons (Fsp3) is 0.273. The molecule has 40 heavy (non-hydrogen) atoms. The number of halogens is 1. The van der Waals surface area contributed by atoms with Gasteiger partial charge in [-0.1, -0.05) is 37.5 Å². The summed E-state index contributed by atoms with van der Waals surface area (Å²) < 4.78 is 13.8. The van der Waals surface area contributed by atoms with Crippen LogP contribution in [0.2, 0.25) is 0 Å². The van der Waals surface area contributed by atoms with Gasteiger partial charge in [0.1, 0.15) is 5.69 Å². The van der Waals surface area contributed by atoms with Crippen molar-refractivity contribution in [3.8, 4) is 11.4 Å². The van der Waals surface area contributed by atoms with Crippen molar-refractivity contribution in [1.82, 2.24) is 25.1 Å². The number of hydrogen-bond acceptors (Lipinski definition) is 4. The summed E-state index contributed by atoms with van der Waals surface area (Å²) in [5.74, 6) is 0. The van der Waals surface area contributed by atoms with Gasteiger partial charge in [-0.05, 0) is 101 Å². The van der Waals surface area contributed by atoms with Crippen molar-refractivity contribution in [2.75, 3.05) is 19.6 Å². The van der Waals surface area contributed by atoms with Gasteiger partial charge in [0.15, 0.2) is 5.13 Å². The molecule has 7 heteroatoms. The number of allylic oxidation sites excluding steroid dienone is 7. The van der Waals surface area contributed by atoms with E-state index >= 15 is 0 Å². The summed E-state index contributed by atoms with van der Waals surface area (Å²) >= 11 is 1.13. The van der Waals surface area contributed by atoms with E-state index in [4.69, 9.17) is 4.98 Å². The van der Waals surface area contributed by atoms with Crippen LogP contribution >= 0.6 is 11.3 Å². The third-order valence-corrected chi connectivity index (χ3v) is 8.39. The second-order valence-electron chi connectivity index (χ2n) is 10.1. The molecule has 0 aliphatic carbocycles. The van der Waals surface area contributed by atoms with Crippen LogP contribution in [0.5, 0.6) is 0 Å². The van der Waals surface area contributed by atoms with Crippen molar-refractivity contribution in [3.63, 3.8) is 0 Å². The van der Waals surface area contributed by atoms with E-state index in [1.54, 1.807) is 12.1 Å². The van der Waals surface area contributed by atoms with E-state index in [-0.39, 0.29) is 5.13 Å². The first-order valence-electron chi connectivity index (χ1n) is 13.9. The Balaban J connectivity index is 1.43. The number of nitrogens with zero attached hydrogens (tertiary/aromatic N) is 3. The molecule has 1 saturated heterocycles. The number of aromatic amines is 2. The van der Waals surface area contributed by atoms with Gasteiger partial charge in [0.25, 0.3) is 0 Å². The average molecular weight is 554 g/mol. The molecule has 0 spiro atoms. The maximum absolute atomic E-state index is 13.8. The molecule has 1 aliphatic rings. The summed E-state index contributed by atoms with van der Waals surface area (Å²) in [6, 6.07) is 7.47. The molecule has 5 rings (SSSR count). The Kier molecular flexibility index (Phi) is 8.72. The molecule has 5 nitrogen and oxygen atoms in total. The van der Waals surface area contributed by atoms with Crippen LogP contribution in [-0.2, 0) is 0 Å². The zero-order chi connectivity index (χ0) is 28.1. The van der Waals surface area contributed by atoms with Gasteiger partial charge in [-0.15, -0.1) is 11.3 Å². The number of pyridine rings is 1. The Morgan fingerprint density at radius 3 is 2.73 bits per heavy atom. The minimum absolute atomic E-state index is 0.211. The van der Waals surface area contributed by atoms with Gasteiger partial charge in [0.05, 0.1) is 23.1 Å². The van der Waals surface area contributed by atoms with Crippen LogP contribution in [0.15, 0.2) is 79.6 Å². The highest BCUT2D eigenvalue weighted by molar-refractivity contribution is 7.11. The molecule has 1 aliphatic heterocycles. The Labute approximate surface area is 239 Å². The molecular weight excluding hydrogens is 517 g/mol. The Bertz CT molecular complexity index is 1610. The molecule has 4 aromatic heterocycles. The summed E-state index contributed by atoms with van der Waals surface area (Å²) in [6.45, 7) is 15.6. The fourth-order valence-corrected chi connectivity index (χ4v) is 6.15. The average Bonchev–Trinajstić information content (AvgIpc) is 3.77. The number of H-pyrrole nitrogens is 2. The zero-order valence-electron chi connectivity index (χ0n) is 23.3. The molecule has 0 unspecified atom stereocenters. The maximum Gasteiger partial charge on any atom is 0.176 e. The molecule has 5 heterocycles. The molecule has 0 amide bonds. The van der Waals surface area contributed by atoms with Crippen LogP contribution in [0.25, 0.3) is 33.4 Å². The monoisotopic (exact) mass is 553 g/mol. The lowest BCUT2D eigenvalue weighted by atomic mass is 10.0. The zero-order valence-corrected chi connectivity index (χ0v) is 24.1. The summed E-state index contributed by atoms with van der Waals surface area (Å²) in [4.78, 5) is 11.6. The molecule has 2 N–H and O–H groups in total. The van der Waals surface area contributed by atoms with Crippen molar-refractivity contribution in [2.45, 2.75) is 39.5 Å². The molecule has 0 radical (unpaired) electrons. The predicted octanol–water partition coefficient (Wildman–Crippen LogP) is 8.47. The predicted molar refractivity (Wildman–Crippen MR) is 167 cm³/mol. The number of hydrogen-bond donors (Lipinski definition) is 2. The molecule has 4 aromatic rings. The van der Waals surface area contributed by atoms with E-state index in [1.807, 2.05) is 32.2 Å². The van der Waals surface area contributed by atoms with Gasteiger partial charge in [-0.3, -0.25) is 10.1 Å². The number of nitrogens with one attached hydrogen (secondary N) is 2. The van der Waals surface area contributed by atoms with Crippen molar-refractivity contribution in [3.05, 3.63) is 107 Å². The van der Waals surface area contributed by atoms with Crippen molar-refractivity contribution >= 4 is 33.4 Å². The standard InChI is InChI=1S/C33H36FN5S/c1-5-11-25(31-13-14-32(34)40-31)26-19-29(36-22(26)4)33-27-20-28(35-21-30(27)37-38-33)24(7-3)18-23(6-2)12-10-17-39-15-8-9-16-39/h5-7,11,13-14,18-21,36H,1-2,8-10,12,15-17H2,3-4H3,(H,37,38)/b23-18+,24-7+,25-11+. The van der Waals surface area contributed by atoms with Gasteiger partial charge in [-0.25, -0.2) is 0 Å². The quantitative estimate of drug-likeness (QED) is 0.183. The number of likely N-dealkylation sites (tertiary alicyclic amines) is 1. The SMILES string of the molecule is C=C/C=C(/c1ccc(F)s1)c1cc(-c2n[nH]c3cnc(C(/C=C(\C=C)CCCN4CCCC4)=C/C)cc23)[nH]c1C.